The van der Waals surface area contributed by atoms with Gasteiger partial charge in [0.2, 0.25) is 5.91 Å². The maximum Gasteiger partial charge on any atom is 0.253 e. The molecule has 1 fully saturated rings. The maximum atomic E-state index is 13.0. The number of hydrogen-bond donors (Lipinski definition) is 1. The number of piperidine rings is 1. The number of hydrogen-bond acceptors (Lipinski definition) is 2. The Labute approximate surface area is 157 Å². The van der Waals surface area contributed by atoms with Crippen LogP contribution in [0.3, 0.4) is 0 Å². The maximum absolute atomic E-state index is 13.0. The number of likely N-dealkylation sites (tertiary alicyclic amines) is 1. The monoisotopic (exact) mass is 374 g/mol. The van der Waals surface area contributed by atoms with Gasteiger partial charge in [0, 0.05) is 30.2 Å². The van der Waals surface area contributed by atoms with Crippen LogP contribution in [-0.4, -0.2) is 29.8 Å². The number of nitrogens with one attached hydrogen (secondary N) is 1. The zero-order valence-electron chi connectivity index (χ0n) is 14.3. The predicted molar refractivity (Wildman–Crippen MR) is 98.3 cm³/mol. The average molecular weight is 375 g/mol. The molecular weight excluding hydrogens is 355 g/mol. The Balaban J connectivity index is 1.59. The lowest BCUT2D eigenvalue weighted by atomic mass is 9.96. The summed E-state index contributed by atoms with van der Waals surface area (Å²) in [6, 6.07) is 12.8. The fourth-order valence-corrected chi connectivity index (χ4v) is 3.32. The highest BCUT2D eigenvalue weighted by Gasteiger charge is 2.28. The van der Waals surface area contributed by atoms with Crippen molar-refractivity contribution in [1.29, 1.82) is 0 Å². The first-order valence-electron chi connectivity index (χ1n) is 8.60. The summed E-state index contributed by atoms with van der Waals surface area (Å²) in [6.45, 7) is 1.33. The molecule has 1 saturated heterocycles. The van der Waals surface area contributed by atoms with Crippen molar-refractivity contribution in [3.63, 3.8) is 0 Å². The van der Waals surface area contributed by atoms with E-state index in [-0.39, 0.29) is 23.5 Å². The van der Waals surface area contributed by atoms with Crippen molar-refractivity contribution in [3.05, 3.63) is 70.5 Å². The molecule has 1 N–H and O–H groups in total. The van der Waals surface area contributed by atoms with E-state index in [1.807, 2.05) is 18.2 Å². The highest BCUT2D eigenvalue weighted by atomic mass is 35.5. The van der Waals surface area contributed by atoms with Gasteiger partial charge < -0.3 is 10.2 Å². The fourth-order valence-electron chi connectivity index (χ4n) is 3.12. The van der Waals surface area contributed by atoms with Crippen molar-refractivity contribution < 1.29 is 14.0 Å². The number of carbonyl (C=O) groups is 2. The van der Waals surface area contributed by atoms with Gasteiger partial charge in [0.1, 0.15) is 5.82 Å². The van der Waals surface area contributed by atoms with E-state index in [1.165, 1.54) is 24.3 Å². The Hall–Kier alpha value is -2.40. The molecule has 0 bridgehead atoms. The average Bonchev–Trinajstić information content (AvgIpc) is 2.67. The van der Waals surface area contributed by atoms with Crippen LogP contribution >= 0.6 is 11.6 Å². The van der Waals surface area contributed by atoms with Crippen LogP contribution in [0.25, 0.3) is 0 Å². The lowest BCUT2D eigenvalue weighted by Gasteiger charge is -2.32. The van der Waals surface area contributed by atoms with E-state index in [4.69, 9.17) is 11.6 Å². The Morgan fingerprint density at radius 1 is 1.15 bits per heavy atom. The van der Waals surface area contributed by atoms with Gasteiger partial charge >= 0.3 is 0 Å². The number of rotatable bonds is 4. The van der Waals surface area contributed by atoms with Gasteiger partial charge in [0.25, 0.3) is 5.91 Å². The van der Waals surface area contributed by atoms with Gasteiger partial charge in [-0.05, 0) is 48.7 Å². The van der Waals surface area contributed by atoms with Crippen LogP contribution in [0.5, 0.6) is 0 Å². The third kappa shape index (κ3) is 4.41. The molecule has 0 radical (unpaired) electrons. The standard InChI is InChI=1S/C20H20ClFN2O2/c21-18-6-2-1-4-15(18)12-23-19(25)16-5-3-11-24(13-16)20(26)14-7-9-17(22)10-8-14/h1-2,4,6-10,16H,3,5,11-13H2,(H,23,25)/t16-/m1/s1. The van der Waals surface area contributed by atoms with Crippen LogP contribution in [0.15, 0.2) is 48.5 Å². The minimum Gasteiger partial charge on any atom is -0.352 e. The van der Waals surface area contributed by atoms with Crippen LogP contribution in [0.2, 0.25) is 5.02 Å². The molecule has 0 saturated carbocycles. The van der Waals surface area contributed by atoms with E-state index in [9.17, 15) is 14.0 Å². The second kappa shape index (κ2) is 8.32. The Kier molecular flexibility index (Phi) is 5.89. The van der Waals surface area contributed by atoms with E-state index < -0.39 is 0 Å². The van der Waals surface area contributed by atoms with Crippen molar-refractivity contribution in [2.24, 2.45) is 5.92 Å². The van der Waals surface area contributed by atoms with Gasteiger partial charge in [-0.3, -0.25) is 9.59 Å². The zero-order chi connectivity index (χ0) is 18.5. The smallest absolute Gasteiger partial charge is 0.253 e. The molecule has 1 heterocycles. The molecule has 2 amide bonds. The molecule has 1 aliphatic heterocycles. The summed E-state index contributed by atoms with van der Waals surface area (Å²) >= 11 is 6.11. The molecule has 1 atom stereocenters. The molecule has 1 aliphatic rings. The summed E-state index contributed by atoms with van der Waals surface area (Å²) in [6.07, 6.45) is 1.50. The number of benzene rings is 2. The van der Waals surface area contributed by atoms with Crippen molar-refractivity contribution in [3.8, 4) is 0 Å². The second-order valence-corrected chi connectivity index (χ2v) is 6.81. The highest BCUT2D eigenvalue weighted by Crippen LogP contribution is 2.20. The van der Waals surface area contributed by atoms with Crippen molar-refractivity contribution >= 4 is 23.4 Å². The second-order valence-electron chi connectivity index (χ2n) is 6.41. The molecule has 2 aromatic carbocycles. The SMILES string of the molecule is O=C(NCc1ccccc1Cl)[C@@H]1CCCN(C(=O)c2ccc(F)cc2)C1. The van der Waals surface area contributed by atoms with E-state index in [0.29, 0.717) is 30.2 Å². The van der Waals surface area contributed by atoms with Gasteiger partial charge in [-0.1, -0.05) is 29.8 Å². The molecule has 0 unspecified atom stereocenters. The van der Waals surface area contributed by atoms with Crippen molar-refractivity contribution in [2.45, 2.75) is 19.4 Å². The van der Waals surface area contributed by atoms with Gasteiger partial charge in [-0.15, -0.1) is 0 Å². The topological polar surface area (TPSA) is 49.4 Å². The minimum atomic E-state index is -0.378. The van der Waals surface area contributed by atoms with Crippen LogP contribution in [-0.2, 0) is 11.3 Å². The molecule has 26 heavy (non-hydrogen) atoms. The number of halogens is 2. The Morgan fingerprint density at radius 2 is 1.88 bits per heavy atom. The Morgan fingerprint density at radius 3 is 2.62 bits per heavy atom. The fraction of sp³-hybridized carbons (Fsp3) is 0.300. The van der Waals surface area contributed by atoms with Crippen LogP contribution < -0.4 is 5.32 Å². The first-order chi connectivity index (χ1) is 12.5. The molecule has 0 spiro atoms. The van der Waals surface area contributed by atoms with Gasteiger partial charge in [-0.25, -0.2) is 4.39 Å². The summed E-state index contributed by atoms with van der Waals surface area (Å²) in [5.74, 6) is -0.886. The quantitative estimate of drug-likeness (QED) is 0.888. The van der Waals surface area contributed by atoms with Crippen LogP contribution in [0.4, 0.5) is 4.39 Å². The predicted octanol–water partition coefficient (Wildman–Crippen LogP) is 3.65. The van der Waals surface area contributed by atoms with Crippen molar-refractivity contribution in [1.82, 2.24) is 10.2 Å². The van der Waals surface area contributed by atoms with E-state index in [2.05, 4.69) is 5.32 Å². The Bertz CT molecular complexity index is 795. The lowest BCUT2D eigenvalue weighted by molar-refractivity contribution is -0.126. The van der Waals surface area contributed by atoms with E-state index >= 15 is 0 Å². The van der Waals surface area contributed by atoms with Gasteiger partial charge in [0.15, 0.2) is 0 Å². The molecule has 0 aliphatic carbocycles. The molecule has 4 nitrogen and oxygen atoms in total. The third-order valence-electron chi connectivity index (χ3n) is 4.58. The summed E-state index contributed by atoms with van der Waals surface area (Å²) in [5, 5.41) is 3.52. The third-order valence-corrected chi connectivity index (χ3v) is 4.95. The molecular formula is C20H20ClFN2O2. The van der Waals surface area contributed by atoms with E-state index in [0.717, 1.165) is 18.4 Å². The summed E-state index contributed by atoms with van der Waals surface area (Å²) in [4.78, 5) is 26.7. The van der Waals surface area contributed by atoms with Gasteiger partial charge in [-0.2, -0.15) is 0 Å². The normalized spacial score (nSPS) is 17.0. The first kappa shape index (κ1) is 18.4. The largest absolute Gasteiger partial charge is 0.352 e. The number of nitrogens with zero attached hydrogens (tertiary/aromatic N) is 1. The molecule has 0 aromatic heterocycles. The molecule has 6 heteroatoms. The van der Waals surface area contributed by atoms with Gasteiger partial charge in [0.05, 0.1) is 5.92 Å². The highest BCUT2D eigenvalue weighted by molar-refractivity contribution is 6.31. The summed E-state index contributed by atoms with van der Waals surface area (Å²) < 4.78 is 13.0. The summed E-state index contributed by atoms with van der Waals surface area (Å²) in [5.41, 5.74) is 1.29. The minimum absolute atomic E-state index is 0.0819. The molecule has 136 valence electrons. The molecule has 3 rings (SSSR count). The lowest BCUT2D eigenvalue weighted by Crippen LogP contribution is -2.45. The number of carbonyl (C=O) groups excluding carboxylic acids is 2. The first-order valence-corrected chi connectivity index (χ1v) is 8.98. The zero-order valence-corrected chi connectivity index (χ0v) is 15.0. The van der Waals surface area contributed by atoms with Crippen molar-refractivity contribution in [2.75, 3.05) is 13.1 Å². The number of amides is 2. The molecule has 2 aromatic rings. The van der Waals surface area contributed by atoms with Crippen LogP contribution in [0, 0.1) is 11.7 Å². The summed E-state index contributed by atoms with van der Waals surface area (Å²) in [7, 11) is 0. The van der Waals surface area contributed by atoms with E-state index in [1.54, 1.807) is 11.0 Å². The van der Waals surface area contributed by atoms with Crippen LogP contribution in [0.1, 0.15) is 28.8 Å².